The van der Waals surface area contributed by atoms with Crippen LogP contribution in [-0.2, 0) is 11.3 Å². The van der Waals surface area contributed by atoms with Crippen molar-refractivity contribution in [1.29, 1.82) is 0 Å². The van der Waals surface area contributed by atoms with Crippen LogP contribution in [0.2, 0.25) is 0 Å². The smallest absolute Gasteiger partial charge is 0.300 e. The topological polar surface area (TPSA) is 71.9 Å². The summed E-state index contributed by atoms with van der Waals surface area (Å²) in [6.45, 7) is 3.48. The maximum absolute atomic E-state index is 12.8. The zero-order valence-corrected chi connectivity index (χ0v) is 13.7. The van der Waals surface area contributed by atoms with Crippen LogP contribution in [-0.4, -0.2) is 15.3 Å². The fourth-order valence-electron chi connectivity index (χ4n) is 2.65. The summed E-state index contributed by atoms with van der Waals surface area (Å²) in [5, 5.41) is 0.516. The number of nitrogens with one attached hydrogen (secondary N) is 1. The highest BCUT2D eigenvalue weighted by Gasteiger charge is 2.17. The number of carbonyl (C=O) groups is 1. The summed E-state index contributed by atoms with van der Waals surface area (Å²) in [5.74, 6) is -0.0545. The SMILES string of the molecule is CC(=O)CCn1c(=O)[nH]c2sc(C)c(-c3ccccc3)c2c1=O. The van der Waals surface area contributed by atoms with Crippen LogP contribution in [0.25, 0.3) is 21.3 Å². The summed E-state index contributed by atoms with van der Waals surface area (Å²) in [6.07, 6.45) is 0.165. The second-order valence-electron chi connectivity index (χ2n) is 5.44. The Morgan fingerprint density at radius 3 is 2.57 bits per heavy atom. The Morgan fingerprint density at radius 1 is 1.22 bits per heavy atom. The molecule has 0 unspecified atom stereocenters. The normalized spacial score (nSPS) is 11.0. The van der Waals surface area contributed by atoms with Gasteiger partial charge in [-0.1, -0.05) is 30.3 Å². The summed E-state index contributed by atoms with van der Waals surface area (Å²) in [6, 6.07) is 9.63. The van der Waals surface area contributed by atoms with Gasteiger partial charge in [-0.05, 0) is 19.4 Å². The number of rotatable bonds is 4. The third-order valence-electron chi connectivity index (χ3n) is 3.76. The first-order chi connectivity index (χ1) is 11.0. The number of aromatic nitrogens is 2. The molecule has 0 aliphatic carbocycles. The van der Waals surface area contributed by atoms with E-state index in [-0.39, 0.29) is 24.3 Å². The zero-order chi connectivity index (χ0) is 16.6. The van der Waals surface area contributed by atoms with Gasteiger partial charge in [0.25, 0.3) is 5.56 Å². The fourth-order valence-corrected chi connectivity index (χ4v) is 3.71. The predicted octanol–water partition coefficient (Wildman–Crippen LogP) is 2.71. The Balaban J connectivity index is 2.29. The number of nitrogens with zero attached hydrogens (tertiary/aromatic N) is 1. The standard InChI is InChI=1S/C17H16N2O3S/c1-10(20)8-9-19-16(21)14-13(12-6-4-3-5-7-12)11(2)23-15(14)18-17(19)22/h3-7H,8-9H2,1-2H3,(H,18,22). The molecule has 23 heavy (non-hydrogen) atoms. The molecule has 5 nitrogen and oxygen atoms in total. The van der Waals surface area contributed by atoms with Crippen molar-refractivity contribution in [2.45, 2.75) is 26.8 Å². The Morgan fingerprint density at radius 2 is 1.91 bits per heavy atom. The molecule has 0 saturated heterocycles. The number of hydrogen-bond donors (Lipinski definition) is 1. The van der Waals surface area contributed by atoms with Gasteiger partial charge in [-0.15, -0.1) is 11.3 Å². The monoisotopic (exact) mass is 328 g/mol. The van der Waals surface area contributed by atoms with Gasteiger partial charge in [0.1, 0.15) is 10.6 Å². The molecule has 0 aliphatic rings. The molecule has 1 aromatic carbocycles. The highest BCUT2D eigenvalue weighted by atomic mass is 32.1. The van der Waals surface area contributed by atoms with Gasteiger partial charge in [-0.25, -0.2) is 4.79 Å². The maximum Gasteiger partial charge on any atom is 0.329 e. The third kappa shape index (κ3) is 2.77. The van der Waals surface area contributed by atoms with E-state index >= 15 is 0 Å². The van der Waals surface area contributed by atoms with Crippen LogP contribution in [0, 0.1) is 6.92 Å². The average Bonchev–Trinajstić information content (AvgIpc) is 2.83. The van der Waals surface area contributed by atoms with Crippen molar-refractivity contribution in [1.82, 2.24) is 9.55 Å². The first-order valence-corrected chi connectivity index (χ1v) is 8.11. The molecule has 0 bridgehead atoms. The van der Waals surface area contributed by atoms with Crippen molar-refractivity contribution >= 4 is 27.3 Å². The molecule has 3 rings (SSSR count). The van der Waals surface area contributed by atoms with Crippen molar-refractivity contribution in [2.24, 2.45) is 0 Å². The van der Waals surface area contributed by atoms with Crippen LogP contribution in [0.15, 0.2) is 39.9 Å². The lowest BCUT2D eigenvalue weighted by Crippen LogP contribution is -2.35. The minimum atomic E-state index is -0.468. The number of ketones is 1. The van der Waals surface area contributed by atoms with Crippen molar-refractivity contribution in [3.05, 3.63) is 56.0 Å². The molecular weight excluding hydrogens is 312 g/mol. The van der Waals surface area contributed by atoms with E-state index in [1.807, 2.05) is 37.3 Å². The van der Waals surface area contributed by atoms with E-state index in [2.05, 4.69) is 4.98 Å². The third-order valence-corrected chi connectivity index (χ3v) is 4.78. The highest BCUT2D eigenvalue weighted by Crippen LogP contribution is 2.34. The first kappa shape index (κ1) is 15.4. The molecule has 0 spiro atoms. The van der Waals surface area contributed by atoms with Crippen LogP contribution in [0.5, 0.6) is 0 Å². The molecule has 2 aromatic heterocycles. The van der Waals surface area contributed by atoms with Crippen LogP contribution >= 0.6 is 11.3 Å². The number of Topliss-reactive ketones (excluding diaryl/α,β-unsaturated/α-hetero) is 1. The van der Waals surface area contributed by atoms with Crippen molar-refractivity contribution in [2.75, 3.05) is 0 Å². The largest absolute Gasteiger partial charge is 0.329 e. The lowest BCUT2D eigenvalue weighted by molar-refractivity contribution is -0.117. The number of aryl methyl sites for hydroxylation is 1. The Kier molecular flexibility index (Phi) is 4.00. The van der Waals surface area contributed by atoms with Crippen molar-refractivity contribution in [3.63, 3.8) is 0 Å². The molecule has 3 aromatic rings. The lowest BCUT2D eigenvalue weighted by Gasteiger charge is -2.05. The van der Waals surface area contributed by atoms with E-state index in [0.717, 1.165) is 20.6 Å². The second kappa shape index (κ2) is 5.96. The number of thiophene rings is 1. The van der Waals surface area contributed by atoms with E-state index in [9.17, 15) is 14.4 Å². The average molecular weight is 328 g/mol. The van der Waals surface area contributed by atoms with E-state index in [1.165, 1.54) is 18.3 Å². The van der Waals surface area contributed by atoms with Crippen molar-refractivity contribution < 1.29 is 4.79 Å². The van der Waals surface area contributed by atoms with E-state index < -0.39 is 5.69 Å². The summed E-state index contributed by atoms with van der Waals surface area (Å²) < 4.78 is 1.11. The van der Waals surface area contributed by atoms with Crippen LogP contribution in [0.1, 0.15) is 18.2 Å². The van der Waals surface area contributed by atoms with Gasteiger partial charge < -0.3 is 0 Å². The van der Waals surface area contributed by atoms with E-state index in [1.54, 1.807) is 0 Å². The second-order valence-corrected chi connectivity index (χ2v) is 6.67. The first-order valence-electron chi connectivity index (χ1n) is 7.30. The molecule has 1 N–H and O–H groups in total. The Labute approximate surface area is 136 Å². The molecule has 6 heteroatoms. The number of H-pyrrole nitrogens is 1. The quantitative estimate of drug-likeness (QED) is 0.800. The van der Waals surface area contributed by atoms with Gasteiger partial charge in [0.15, 0.2) is 0 Å². The summed E-state index contributed by atoms with van der Waals surface area (Å²) in [4.78, 5) is 40.4. The minimum Gasteiger partial charge on any atom is -0.300 e. The molecule has 0 atom stereocenters. The minimum absolute atomic E-state index is 0.0545. The number of fused-ring (bicyclic) bond motifs is 1. The molecule has 2 heterocycles. The van der Waals surface area contributed by atoms with Crippen molar-refractivity contribution in [3.8, 4) is 11.1 Å². The lowest BCUT2D eigenvalue weighted by atomic mass is 10.0. The highest BCUT2D eigenvalue weighted by molar-refractivity contribution is 7.19. The number of aromatic amines is 1. The molecule has 118 valence electrons. The summed E-state index contributed by atoms with van der Waals surface area (Å²) >= 11 is 1.40. The molecule has 0 fully saturated rings. The van der Waals surface area contributed by atoms with Gasteiger partial charge in [-0.3, -0.25) is 19.1 Å². The summed E-state index contributed by atoms with van der Waals surface area (Å²) in [7, 11) is 0. The molecular formula is C17H16N2O3S. The van der Waals surface area contributed by atoms with E-state index in [4.69, 9.17) is 0 Å². The van der Waals surface area contributed by atoms with Gasteiger partial charge in [0.05, 0.1) is 5.39 Å². The Hall–Kier alpha value is -2.47. The number of carbonyl (C=O) groups excluding carboxylic acids is 1. The van der Waals surface area contributed by atoms with Crippen LogP contribution in [0.3, 0.4) is 0 Å². The van der Waals surface area contributed by atoms with Gasteiger partial charge >= 0.3 is 5.69 Å². The zero-order valence-electron chi connectivity index (χ0n) is 12.9. The van der Waals surface area contributed by atoms with Gasteiger partial charge in [0.2, 0.25) is 0 Å². The van der Waals surface area contributed by atoms with E-state index in [0.29, 0.717) is 10.2 Å². The predicted molar refractivity (Wildman–Crippen MR) is 92.2 cm³/mol. The molecule has 0 saturated carbocycles. The number of benzene rings is 1. The fraction of sp³-hybridized carbons (Fsp3) is 0.235. The maximum atomic E-state index is 12.8. The van der Waals surface area contributed by atoms with Gasteiger partial charge in [-0.2, -0.15) is 0 Å². The Bertz CT molecular complexity index is 996. The summed E-state index contributed by atoms with van der Waals surface area (Å²) in [5.41, 5.74) is 0.986. The molecule has 0 amide bonds. The number of hydrogen-bond acceptors (Lipinski definition) is 4. The molecule has 0 aliphatic heterocycles. The van der Waals surface area contributed by atoms with Gasteiger partial charge in [0, 0.05) is 23.4 Å². The van der Waals surface area contributed by atoms with Crippen LogP contribution < -0.4 is 11.2 Å². The molecule has 0 radical (unpaired) electrons. The van der Waals surface area contributed by atoms with Crippen LogP contribution in [0.4, 0.5) is 0 Å².